The zero-order valence-electron chi connectivity index (χ0n) is 13.7. The normalized spacial score (nSPS) is 15.3. The third-order valence-corrected chi connectivity index (χ3v) is 4.52. The second kappa shape index (κ2) is 8.31. The summed E-state index contributed by atoms with van der Waals surface area (Å²) in [6.07, 6.45) is 9.51. The molecule has 0 unspecified atom stereocenters. The monoisotopic (exact) mass is 317 g/mol. The maximum atomic E-state index is 8.91. The average Bonchev–Trinajstić information content (AvgIpc) is 2.66. The van der Waals surface area contributed by atoms with Crippen molar-refractivity contribution in [3.05, 3.63) is 70.8 Å². The summed E-state index contributed by atoms with van der Waals surface area (Å²) in [5.41, 5.74) is 3.91. The Balaban J connectivity index is 1.63. The standard InChI is InChI=1S/C21H21N2O/c22-14-17-7-6-8-18(13-17)16-24-23-15-20-11-4-5-12-21(20)19-9-2-1-3-10-19/h4-8,11-13,19H,1-3,9-10,16H2. The first-order valence-electron chi connectivity index (χ1n) is 8.53. The molecular weight excluding hydrogens is 296 g/mol. The number of nitriles is 1. The number of benzene rings is 2. The van der Waals surface area contributed by atoms with Crippen LogP contribution in [0.3, 0.4) is 0 Å². The highest BCUT2D eigenvalue weighted by Gasteiger charge is 2.17. The van der Waals surface area contributed by atoms with E-state index in [0.717, 1.165) is 11.1 Å². The third-order valence-electron chi connectivity index (χ3n) is 4.52. The van der Waals surface area contributed by atoms with E-state index in [0.29, 0.717) is 18.1 Å². The molecule has 3 heteroatoms. The highest BCUT2D eigenvalue weighted by Crippen LogP contribution is 2.33. The molecule has 0 spiro atoms. The fourth-order valence-electron chi connectivity index (χ4n) is 3.29. The first kappa shape index (κ1) is 16.3. The summed E-state index contributed by atoms with van der Waals surface area (Å²) in [6.45, 7) is 0.341. The molecule has 1 radical (unpaired) electrons. The maximum absolute atomic E-state index is 8.91. The van der Waals surface area contributed by atoms with Gasteiger partial charge in [-0.25, -0.2) is 0 Å². The molecule has 2 aromatic rings. The molecule has 0 bridgehead atoms. The van der Waals surface area contributed by atoms with Gasteiger partial charge in [-0.05, 0) is 42.0 Å². The Kier molecular flexibility index (Phi) is 5.63. The molecule has 1 fully saturated rings. The Morgan fingerprint density at radius 2 is 1.88 bits per heavy atom. The largest absolute Gasteiger partial charge is 0.390 e. The SMILES string of the molecule is N#Cc1cccc(CO/N=[C]\c2ccccc2C2CCCCC2)c1. The van der Waals surface area contributed by atoms with Crippen molar-refractivity contribution in [3.8, 4) is 6.07 Å². The predicted molar refractivity (Wildman–Crippen MR) is 94.8 cm³/mol. The topological polar surface area (TPSA) is 45.4 Å². The van der Waals surface area contributed by atoms with Gasteiger partial charge in [-0.3, -0.25) is 0 Å². The van der Waals surface area contributed by atoms with Gasteiger partial charge in [0.15, 0.2) is 0 Å². The average molecular weight is 317 g/mol. The van der Waals surface area contributed by atoms with Crippen LogP contribution in [0.25, 0.3) is 0 Å². The molecular formula is C21H21N2O. The highest BCUT2D eigenvalue weighted by molar-refractivity contribution is 5.81. The minimum atomic E-state index is 0.341. The summed E-state index contributed by atoms with van der Waals surface area (Å²) in [5.74, 6) is 0.616. The highest BCUT2D eigenvalue weighted by atomic mass is 16.6. The summed E-state index contributed by atoms with van der Waals surface area (Å²) in [4.78, 5) is 5.37. The molecule has 1 aliphatic carbocycles. The van der Waals surface area contributed by atoms with E-state index < -0.39 is 0 Å². The van der Waals surface area contributed by atoms with Gasteiger partial charge in [-0.2, -0.15) is 5.26 Å². The van der Waals surface area contributed by atoms with Crippen molar-refractivity contribution >= 4 is 6.21 Å². The Morgan fingerprint density at radius 1 is 1.04 bits per heavy atom. The van der Waals surface area contributed by atoms with E-state index in [4.69, 9.17) is 10.1 Å². The minimum Gasteiger partial charge on any atom is -0.390 e. The summed E-state index contributed by atoms with van der Waals surface area (Å²) in [7, 11) is 0. The molecule has 0 amide bonds. The maximum Gasteiger partial charge on any atom is 0.142 e. The minimum absolute atomic E-state index is 0.341. The van der Waals surface area contributed by atoms with Gasteiger partial charge >= 0.3 is 0 Å². The van der Waals surface area contributed by atoms with Crippen LogP contribution in [0.4, 0.5) is 0 Å². The van der Waals surface area contributed by atoms with E-state index in [1.54, 1.807) is 6.07 Å². The van der Waals surface area contributed by atoms with Crippen LogP contribution < -0.4 is 0 Å². The fraction of sp³-hybridized carbons (Fsp3) is 0.333. The van der Waals surface area contributed by atoms with Crippen molar-refractivity contribution in [2.75, 3.05) is 0 Å². The predicted octanol–water partition coefficient (Wildman–Crippen LogP) is 5.03. The smallest absolute Gasteiger partial charge is 0.142 e. The van der Waals surface area contributed by atoms with Crippen LogP contribution in [0.15, 0.2) is 53.7 Å². The van der Waals surface area contributed by atoms with Crippen molar-refractivity contribution in [2.24, 2.45) is 5.16 Å². The van der Waals surface area contributed by atoms with Gasteiger partial charge in [0.1, 0.15) is 12.8 Å². The summed E-state index contributed by atoms with van der Waals surface area (Å²) < 4.78 is 0. The van der Waals surface area contributed by atoms with E-state index in [2.05, 4.69) is 29.6 Å². The van der Waals surface area contributed by atoms with Crippen molar-refractivity contribution in [1.82, 2.24) is 0 Å². The Bertz CT molecular complexity index is 739. The number of nitrogens with zero attached hydrogens (tertiary/aromatic N) is 2. The molecule has 1 saturated carbocycles. The second-order valence-corrected chi connectivity index (χ2v) is 6.21. The van der Waals surface area contributed by atoms with E-state index >= 15 is 0 Å². The Morgan fingerprint density at radius 3 is 2.71 bits per heavy atom. The van der Waals surface area contributed by atoms with E-state index in [1.807, 2.05) is 30.3 Å². The van der Waals surface area contributed by atoms with Gasteiger partial charge in [0, 0.05) is 5.56 Å². The molecule has 0 N–H and O–H groups in total. The lowest BCUT2D eigenvalue weighted by atomic mass is 9.82. The van der Waals surface area contributed by atoms with Crippen LogP contribution >= 0.6 is 0 Å². The van der Waals surface area contributed by atoms with Gasteiger partial charge in [0.2, 0.25) is 0 Å². The fourth-order valence-corrected chi connectivity index (χ4v) is 3.29. The van der Waals surface area contributed by atoms with E-state index in [-0.39, 0.29) is 0 Å². The van der Waals surface area contributed by atoms with Crippen molar-refractivity contribution in [2.45, 2.75) is 44.6 Å². The molecule has 1 aliphatic rings. The molecule has 3 rings (SSSR count). The number of hydrogen-bond donors (Lipinski definition) is 0. The quantitative estimate of drug-likeness (QED) is 0.573. The molecule has 0 aromatic heterocycles. The van der Waals surface area contributed by atoms with Crippen molar-refractivity contribution < 1.29 is 4.84 Å². The van der Waals surface area contributed by atoms with Crippen LogP contribution in [0.5, 0.6) is 0 Å². The van der Waals surface area contributed by atoms with Crippen molar-refractivity contribution in [1.29, 1.82) is 5.26 Å². The summed E-state index contributed by atoms with van der Waals surface area (Å²) >= 11 is 0. The first-order chi connectivity index (χ1) is 11.9. The lowest BCUT2D eigenvalue weighted by molar-refractivity contribution is 0.132. The lowest BCUT2D eigenvalue weighted by Gasteiger charge is -2.23. The molecule has 121 valence electrons. The Labute approximate surface area is 143 Å². The van der Waals surface area contributed by atoms with E-state index in [1.165, 1.54) is 37.7 Å². The van der Waals surface area contributed by atoms with Gasteiger partial charge in [0.25, 0.3) is 0 Å². The molecule has 0 heterocycles. The first-order valence-corrected chi connectivity index (χ1v) is 8.53. The van der Waals surface area contributed by atoms with Crippen LogP contribution in [-0.4, -0.2) is 6.21 Å². The van der Waals surface area contributed by atoms with Gasteiger partial charge < -0.3 is 4.84 Å². The van der Waals surface area contributed by atoms with Crippen LogP contribution in [-0.2, 0) is 11.4 Å². The molecule has 0 saturated heterocycles. The lowest BCUT2D eigenvalue weighted by Crippen LogP contribution is -2.07. The zero-order chi connectivity index (χ0) is 16.6. The molecule has 3 nitrogen and oxygen atoms in total. The Hall–Kier alpha value is -2.60. The van der Waals surface area contributed by atoms with Gasteiger partial charge in [-0.1, -0.05) is 60.8 Å². The summed E-state index contributed by atoms with van der Waals surface area (Å²) in [6, 6.07) is 17.8. The molecule has 2 aromatic carbocycles. The van der Waals surface area contributed by atoms with Crippen LogP contribution in [0.1, 0.15) is 60.3 Å². The van der Waals surface area contributed by atoms with Crippen molar-refractivity contribution in [3.63, 3.8) is 0 Å². The van der Waals surface area contributed by atoms with Gasteiger partial charge in [-0.15, -0.1) is 0 Å². The molecule has 24 heavy (non-hydrogen) atoms. The third kappa shape index (κ3) is 4.23. The van der Waals surface area contributed by atoms with Crippen LogP contribution in [0, 0.1) is 11.3 Å². The van der Waals surface area contributed by atoms with Gasteiger partial charge in [0.05, 0.1) is 11.6 Å². The number of rotatable bonds is 5. The van der Waals surface area contributed by atoms with Crippen LogP contribution in [0.2, 0.25) is 0 Å². The summed E-state index contributed by atoms with van der Waals surface area (Å²) in [5, 5.41) is 12.9. The zero-order valence-corrected chi connectivity index (χ0v) is 13.7. The molecule has 0 atom stereocenters. The van der Waals surface area contributed by atoms with E-state index in [9.17, 15) is 0 Å². The number of hydrogen-bond acceptors (Lipinski definition) is 3. The molecule has 0 aliphatic heterocycles. The second-order valence-electron chi connectivity index (χ2n) is 6.21.